The molecule has 0 unspecified atom stereocenters. The fraction of sp³-hybridized carbons (Fsp3) is 0.923. The van der Waals surface area contributed by atoms with Crippen LogP contribution < -0.4 is 10.6 Å². The zero-order valence-electron chi connectivity index (χ0n) is 11.8. The van der Waals surface area contributed by atoms with E-state index in [1.165, 1.54) is 0 Å². The molecule has 4 heteroatoms. The van der Waals surface area contributed by atoms with Crippen LogP contribution in [0.15, 0.2) is 0 Å². The van der Waals surface area contributed by atoms with E-state index in [1.807, 2.05) is 13.8 Å². The number of methoxy groups -OCH3 is 1. The van der Waals surface area contributed by atoms with Crippen LogP contribution >= 0.6 is 0 Å². The monoisotopic (exact) mass is 244 g/mol. The first-order valence-corrected chi connectivity index (χ1v) is 6.52. The molecule has 0 aliphatic rings. The van der Waals surface area contributed by atoms with E-state index in [9.17, 15) is 4.79 Å². The van der Waals surface area contributed by atoms with E-state index in [1.54, 1.807) is 7.11 Å². The van der Waals surface area contributed by atoms with Crippen LogP contribution in [-0.2, 0) is 9.53 Å². The molecule has 0 aromatic rings. The Hall–Kier alpha value is -0.610. The maximum absolute atomic E-state index is 11.6. The SMILES string of the molecule is CCC(C)(C)NC(=O)CNCCCCCOC. The molecule has 2 N–H and O–H groups in total. The maximum atomic E-state index is 11.6. The summed E-state index contributed by atoms with van der Waals surface area (Å²) in [6, 6.07) is 0. The molecule has 102 valence electrons. The molecule has 0 rings (SSSR count). The highest BCUT2D eigenvalue weighted by Gasteiger charge is 2.16. The largest absolute Gasteiger partial charge is 0.385 e. The first-order chi connectivity index (χ1) is 8.02. The van der Waals surface area contributed by atoms with Gasteiger partial charge in [-0.25, -0.2) is 0 Å². The molecule has 0 heterocycles. The van der Waals surface area contributed by atoms with Crippen LogP contribution in [0.1, 0.15) is 46.5 Å². The van der Waals surface area contributed by atoms with Crippen LogP contribution in [0.5, 0.6) is 0 Å². The van der Waals surface area contributed by atoms with Crippen molar-refractivity contribution in [3.8, 4) is 0 Å². The lowest BCUT2D eigenvalue weighted by Gasteiger charge is -2.24. The van der Waals surface area contributed by atoms with Crippen molar-refractivity contribution >= 4 is 5.91 Å². The topological polar surface area (TPSA) is 50.4 Å². The Balaban J connectivity index is 3.40. The molecule has 0 spiro atoms. The summed E-state index contributed by atoms with van der Waals surface area (Å²) in [5.74, 6) is 0.0775. The second kappa shape index (κ2) is 9.42. The highest BCUT2D eigenvalue weighted by Crippen LogP contribution is 2.05. The molecule has 0 aliphatic carbocycles. The van der Waals surface area contributed by atoms with Crippen molar-refractivity contribution in [2.24, 2.45) is 0 Å². The summed E-state index contributed by atoms with van der Waals surface area (Å²) < 4.78 is 4.97. The van der Waals surface area contributed by atoms with Crippen molar-refractivity contribution in [1.82, 2.24) is 10.6 Å². The van der Waals surface area contributed by atoms with Gasteiger partial charge >= 0.3 is 0 Å². The van der Waals surface area contributed by atoms with Crippen molar-refractivity contribution in [2.45, 2.75) is 52.0 Å². The summed E-state index contributed by atoms with van der Waals surface area (Å²) in [5, 5.41) is 6.15. The van der Waals surface area contributed by atoms with Gasteiger partial charge in [-0.05, 0) is 46.1 Å². The van der Waals surface area contributed by atoms with Crippen LogP contribution in [-0.4, -0.2) is 38.3 Å². The van der Waals surface area contributed by atoms with Gasteiger partial charge in [-0.15, -0.1) is 0 Å². The molecule has 0 saturated carbocycles. The van der Waals surface area contributed by atoms with Crippen LogP contribution in [0.2, 0.25) is 0 Å². The van der Waals surface area contributed by atoms with Gasteiger partial charge in [0, 0.05) is 19.3 Å². The first-order valence-electron chi connectivity index (χ1n) is 6.52. The normalized spacial score (nSPS) is 11.5. The van der Waals surface area contributed by atoms with E-state index in [0.717, 1.165) is 38.8 Å². The number of amides is 1. The Bertz CT molecular complexity index is 206. The summed E-state index contributed by atoms with van der Waals surface area (Å²) in [6.45, 7) is 8.28. The zero-order valence-corrected chi connectivity index (χ0v) is 11.8. The van der Waals surface area contributed by atoms with E-state index in [0.29, 0.717) is 6.54 Å². The predicted octanol–water partition coefficient (Wildman–Crippen LogP) is 1.70. The third-order valence-electron chi connectivity index (χ3n) is 2.85. The third kappa shape index (κ3) is 10.3. The minimum Gasteiger partial charge on any atom is -0.385 e. The second-order valence-corrected chi connectivity index (χ2v) is 5.02. The Kier molecular flexibility index (Phi) is 9.09. The van der Waals surface area contributed by atoms with Gasteiger partial charge in [0.25, 0.3) is 0 Å². The molecule has 0 fully saturated rings. The van der Waals surface area contributed by atoms with Crippen LogP contribution in [0.25, 0.3) is 0 Å². The number of hydrogen-bond donors (Lipinski definition) is 2. The molecule has 0 aromatic heterocycles. The number of hydrogen-bond acceptors (Lipinski definition) is 3. The van der Waals surface area contributed by atoms with E-state index in [2.05, 4.69) is 17.6 Å². The minimum absolute atomic E-state index is 0.0775. The van der Waals surface area contributed by atoms with E-state index < -0.39 is 0 Å². The van der Waals surface area contributed by atoms with Gasteiger partial charge in [0.15, 0.2) is 0 Å². The summed E-state index contributed by atoms with van der Waals surface area (Å²) >= 11 is 0. The van der Waals surface area contributed by atoms with E-state index in [-0.39, 0.29) is 11.4 Å². The van der Waals surface area contributed by atoms with Gasteiger partial charge in [-0.2, -0.15) is 0 Å². The van der Waals surface area contributed by atoms with Gasteiger partial charge in [0.1, 0.15) is 0 Å². The van der Waals surface area contributed by atoms with E-state index >= 15 is 0 Å². The summed E-state index contributed by atoms with van der Waals surface area (Å²) in [4.78, 5) is 11.6. The Morgan fingerprint density at radius 1 is 1.24 bits per heavy atom. The molecular formula is C13H28N2O2. The molecule has 0 aromatic carbocycles. The zero-order chi connectivity index (χ0) is 13.1. The van der Waals surface area contributed by atoms with Gasteiger partial charge in [0.2, 0.25) is 5.91 Å². The van der Waals surface area contributed by atoms with Crippen molar-refractivity contribution < 1.29 is 9.53 Å². The third-order valence-corrected chi connectivity index (χ3v) is 2.85. The lowest BCUT2D eigenvalue weighted by atomic mass is 10.0. The second-order valence-electron chi connectivity index (χ2n) is 5.02. The number of rotatable bonds is 10. The smallest absolute Gasteiger partial charge is 0.234 e. The Morgan fingerprint density at radius 3 is 2.53 bits per heavy atom. The summed E-state index contributed by atoms with van der Waals surface area (Å²) in [7, 11) is 1.72. The van der Waals surface area contributed by atoms with Crippen molar-refractivity contribution in [1.29, 1.82) is 0 Å². The fourth-order valence-corrected chi connectivity index (χ4v) is 1.39. The quantitative estimate of drug-likeness (QED) is 0.575. The molecule has 0 radical (unpaired) electrons. The summed E-state index contributed by atoms with van der Waals surface area (Å²) in [5.41, 5.74) is -0.1000. The molecule has 0 aliphatic heterocycles. The number of ether oxygens (including phenoxy) is 1. The van der Waals surface area contributed by atoms with Crippen LogP contribution in [0.3, 0.4) is 0 Å². The fourth-order valence-electron chi connectivity index (χ4n) is 1.39. The molecular weight excluding hydrogens is 216 g/mol. The lowest BCUT2D eigenvalue weighted by Crippen LogP contribution is -2.46. The Morgan fingerprint density at radius 2 is 1.94 bits per heavy atom. The van der Waals surface area contributed by atoms with Crippen LogP contribution in [0.4, 0.5) is 0 Å². The van der Waals surface area contributed by atoms with Crippen molar-refractivity contribution in [3.63, 3.8) is 0 Å². The Labute approximate surface area is 105 Å². The van der Waals surface area contributed by atoms with Gasteiger partial charge in [-0.1, -0.05) is 6.92 Å². The maximum Gasteiger partial charge on any atom is 0.234 e. The summed E-state index contributed by atoms with van der Waals surface area (Å²) in [6.07, 6.45) is 4.26. The minimum atomic E-state index is -0.1000. The molecule has 1 amide bonds. The molecule has 4 nitrogen and oxygen atoms in total. The highest BCUT2D eigenvalue weighted by molar-refractivity contribution is 5.78. The van der Waals surface area contributed by atoms with Crippen molar-refractivity contribution in [2.75, 3.05) is 26.8 Å². The van der Waals surface area contributed by atoms with E-state index in [4.69, 9.17) is 4.74 Å². The van der Waals surface area contributed by atoms with Gasteiger partial charge < -0.3 is 15.4 Å². The lowest BCUT2D eigenvalue weighted by molar-refractivity contribution is -0.121. The molecule has 0 bridgehead atoms. The van der Waals surface area contributed by atoms with Gasteiger partial charge in [-0.3, -0.25) is 4.79 Å². The number of unbranched alkanes of at least 4 members (excludes halogenated alkanes) is 2. The van der Waals surface area contributed by atoms with Crippen molar-refractivity contribution in [3.05, 3.63) is 0 Å². The molecule has 0 atom stereocenters. The molecule has 0 saturated heterocycles. The highest BCUT2D eigenvalue weighted by atomic mass is 16.5. The first kappa shape index (κ1) is 16.4. The standard InChI is InChI=1S/C13H28N2O2/c1-5-13(2,3)15-12(16)11-14-9-7-6-8-10-17-4/h14H,5-11H2,1-4H3,(H,15,16). The average Bonchev–Trinajstić information content (AvgIpc) is 2.27. The predicted molar refractivity (Wildman–Crippen MR) is 71.1 cm³/mol. The molecule has 17 heavy (non-hydrogen) atoms. The van der Waals surface area contributed by atoms with Gasteiger partial charge in [0.05, 0.1) is 6.54 Å². The average molecular weight is 244 g/mol. The number of nitrogens with one attached hydrogen (secondary N) is 2. The number of carbonyl (C=O) groups excluding carboxylic acids is 1. The van der Waals surface area contributed by atoms with Crippen LogP contribution in [0, 0.1) is 0 Å². The number of carbonyl (C=O) groups is 1.